The van der Waals surface area contributed by atoms with Crippen LogP contribution in [0.5, 0.6) is 0 Å². The number of nitrogens with two attached hydrogens (primary N) is 1. The third kappa shape index (κ3) is 3.24. The SMILES string of the molecule is CNc1cc(CSc2nc(N)cc(=O)[nH]2)ccn1. The zero-order valence-corrected chi connectivity index (χ0v) is 10.6. The molecule has 2 aromatic rings. The Bertz CT molecular complexity index is 598. The van der Waals surface area contributed by atoms with E-state index >= 15 is 0 Å². The van der Waals surface area contributed by atoms with Crippen molar-refractivity contribution in [2.75, 3.05) is 18.1 Å². The van der Waals surface area contributed by atoms with Crippen LogP contribution >= 0.6 is 11.8 Å². The monoisotopic (exact) mass is 263 g/mol. The normalized spacial score (nSPS) is 10.3. The molecule has 0 spiro atoms. The van der Waals surface area contributed by atoms with E-state index in [0.717, 1.165) is 11.4 Å². The first-order valence-electron chi connectivity index (χ1n) is 5.29. The first-order valence-corrected chi connectivity index (χ1v) is 6.28. The van der Waals surface area contributed by atoms with Gasteiger partial charge in [-0.1, -0.05) is 11.8 Å². The summed E-state index contributed by atoms with van der Waals surface area (Å²) in [7, 11) is 1.82. The van der Waals surface area contributed by atoms with Gasteiger partial charge in [0.05, 0.1) is 0 Å². The predicted octanol–water partition coefficient (Wildman–Crippen LogP) is 1.08. The third-order valence-corrected chi connectivity index (χ3v) is 3.14. The smallest absolute Gasteiger partial charge is 0.253 e. The van der Waals surface area contributed by atoms with Crippen LogP contribution in [-0.2, 0) is 5.75 Å². The van der Waals surface area contributed by atoms with E-state index in [-0.39, 0.29) is 11.4 Å². The average Bonchev–Trinajstić information content (AvgIpc) is 2.35. The molecule has 18 heavy (non-hydrogen) atoms. The number of anilines is 2. The molecule has 0 aliphatic heterocycles. The second-order valence-electron chi connectivity index (χ2n) is 3.56. The lowest BCUT2D eigenvalue weighted by molar-refractivity contribution is 0.945. The summed E-state index contributed by atoms with van der Waals surface area (Å²) in [6, 6.07) is 5.12. The Morgan fingerprint density at radius 2 is 2.33 bits per heavy atom. The summed E-state index contributed by atoms with van der Waals surface area (Å²) >= 11 is 1.42. The van der Waals surface area contributed by atoms with Gasteiger partial charge in [-0.05, 0) is 17.7 Å². The van der Waals surface area contributed by atoms with Crippen molar-refractivity contribution in [2.24, 2.45) is 0 Å². The van der Waals surface area contributed by atoms with E-state index in [1.165, 1.54) is 17.8 Å². The Hall–Kier alpha value is -2.02. The molecule has 0 unspecified atom stereocenters. The summed E-state index contributed by atoms with van der Waals surface area (Å²) in [4.78, 5) is 22.0. The highest BCUT2D eigenvalue weighted by Gasteiger charge is 2.01. The Labute approximate surface area is 108 Å². The van der Waals surface area contributed by atoms with Crippen molar-refractivity contribution in [3.05, 3.63) is 40.3 Å². The Kier molecular flexibility index (Phi) is 3.83. The second kappa shape index (κ2) is 5.54. The minimum absolute atomic E-state index is 0.229. The first kappa shape index (κ1) is 12.4. The van der Waals surface area contributed by atoms with Gasteiger partial charge in [-0.3, -0.25) is 4.79 Å². The largest absolute Gasteiger partial charge is 0.383 e. The molecule has 7 heteroatoms. The first-order chi connectivity index (χ1) is 8.67. The number of H-pyrrole nitrogens is 1. The van der Waals surface area contributed by atoms with Crippen LogP contribution < -0.4 is 16.6 Å². The fourth-order valence-corrected chi connectivity index (χ4v) is 2.20. The zero-order chi connectivity index (χ0) is 13.0. The van der Waals surface area contributed by atoms with Crippen molar-refractivity contribution < 1.29 is 0 Å². The van der Waals surface area contributed by atoms with Gasteiger partial charge in [0.15, 0.2) is 5.16 Å². The molecular formula is C11H13N5OS. The van der Waals surface area contributed by atoms with Gasteiger partial charge in [0, 0.05) is 25.1 Å². The van der Waals surface area contributed by atoms with Crippen LogP contribution in [0.3, 0.4) is 0 Å². The van der Waals surface area contributed by atoms with Crippen molar-refractivity contribution >= 4 is 23.4 Å². The van der Waals surface area contributed by atoms with E-state index < -0.39 is 0 Å². The molecule has 0 aromatic carbocycles. The Morgan fingerprint density at radius 1 is 1.50 bits per heavy atom. The van der Waals surface area contributed by atoms with Gasteiger partial charge < -0.3 is 16.0 Å². The van der Waals surface area contributed by atoms with E-state index in [0.29, 0.717) is 10.9 Å². The highest BCUT2D eigenvalue weighted by molar-refractivity contribution is 7.98. The Morgan fingerprint density at radius 3 is 3.06 bits per heavy atom. The van der Waals surface area contributed by atoms with E-state index in [1.807, 2.05) is 19.2 Å². The van der Waals surface area contributed by atoms with Gasteiger partial charge in [0.2, 0.25) is 0 Å². The minimum atomic E-state index is -0.240. The molecule has 4 N–H and O–H groups in total. The molecule has 0 atom stereocenters. The summed E-state index contributed by atoms with van der Waals surface area (Å²) < 4.78 is 0. The van der Waals surface area contributed by atoms with Crippen molar-refractivity contribution in [3.8, 4) is 0 Å². The Balaban J connectivity index is 2.08. The fraction of sp³-hybridized carbons (Fsp3) is 0.182. The van der Waals surface area contributed by atoms with E-state index in [9.17, 15) is 4.79 Å². The summed E-state index contributed by atoms with van der Waals surface area (Å²) in [5.41, 5.74) is 6.36. The predicted molar refractivity (Wildman–Crippen MR) is 72.6 cm³/mol. The number of rotatable bonds is 4. The highest BCUT2D eigenvalue weighted by atomic mass is 32.2. The number of pyridine rings is 1. The molecule has 0 fully saturated rings. The summed E-state index contributed by atoms with van der Waals surface area (Å²) in [5, 5.41) is 3.49. The zero-order valence-electron chi connectivity index (χ0n) is 9.80. The molecule has 0 radical (unpaired) electrons. The van der Waals surface area contributed by atoms with Crippen LogP contribution in [0, 0.1) is 0 Å². The maximum absolute atomic E-state index is 11.2. The van der Waals surface area contributed by atoms with Gasteiger partial charge in [0.25, 0.3) is 5.56 Å². The molecule has 2 rings (SSSR count). The number of nitrogen functional groups attached to an aromatic ring is 1. The topological polar surface area (TPSA) is 96.7 Å². The minimum Gasteiger partial charge on any atom is -0.383 e. The number of nitrogens with one attached hydrogen (secondary N) is 2. The van der Waals surface area contributed by atoms with Gasteiger partial charge >= 0.3 is 0 Å². The molecule has 0 saturated heterocycles. The molecule has 0 bridgehead atoms. The molecule has 2 aromatic heterocycles. The second-order valence-corrected chi connectivity index (χ2v) is 4.53. The lowest BCUT2D eigenvalue weighted by Gasteiger charge is -2.04. The summed E-state index contributed by atoms with van der Waals surface area (Å²) in [5.74, 6) is 1.72. The molecule has 0 aliphatic carbocycles. The molecule has 0 amide bonds. The van der Waals surface area contributed by atoms with Crippen LogP contribution in [0.15, 0.2) is 34.3 Å². The van der Waals surface area contributed by atoms with Crippen molar-refractivity contribution in [2.45, 2.75) is 10.9 Å². The van der Waals surface area contributed by atoms with Crippen LogP contribution in [0.25, 0.3) is 0 Å². The molecule has 0 aliphatic rings. The number of aromatic nitrogens is 3. The van der Waals surface area contributed by atoms with E-state index in [4.69, 9.17) is 5.73 Å². The van der Waals surface area contributed by atoms with Crippen molar-refractivity contribution in [3.63, 3.8) is 0 Å². The van der Waals surface area contributed by atoms with Crippen LogP contribution in [-0.4, -0.2) is 22.0 Å². The van der Waals surface area contributed by atoms with Gasteiger partial charge in [-0.15, -0.1) is 0 Å². The maximum Gasteiger partial charge on any atom is 0.253 e. The summed E-state index contributed by atoms with van der Waals surface area (Å²) in [6.45, 7) is 0. The third-order valence-electron chi connectivity index (χ3n) is 2.20. The van der Waals surface area contributed by atoms with Gasteiger partial charge in [0.1, 0.15) is 11.6 Å². The molecule has 6 nitrogen and oxygen atoms in total. The van der Waals surface area contributed by atoms with Crippen molar-refractivity contribution in [1.29, 1.82) is 0 Å². The summed E-state index contributed by atoms with van der Waals surface area (Å²) in [6.07, 6.45) is 1.73. The van der Waals surface area contributed by atoms with Crippen molar-refractivity contribution in [1.82, 2.24) is 15.0 Å². The molecule has 0 saturated carbocycles. The molecular weight excluding hydrogens is 250 g/mol. The van der Waals surface area contributed by atoms with Gasteiger partial charge in [-0.25, -0.2) is 9.97 Å². The highest BCUT2D eigenvalue weighted by Crippen LogP contribution is 2.19. The average molecular weight is 263 g/mol. The molecule has 94 valence electrons. The fourth-order valence-electron chi connectivity index (χ4n) is 1.37. The van der Waals surface area contributed by atoms with Gasteiger partial charge in [-0.2, -0.15) is 0 Å². The standard InChI is InChI=1S/C11H13N5OS/c1-13-9-4-7(2-3-14-9)6-18-11-15-8(12)5-10(17)16-11/h2-5H,6H2,1H3,(H,13,14)(H3,12,15,16,17). The van der Waals surface area contributed by atoms with E-state index in [1.54, 1.807) is 6.20 Å². The lowest BCUT2D eigenvalue weighted by atomic mass is 10.3. The quantitative estimate of drug-likeness (QED) is 0.564. The number of nitrogens with zero attached hydrogens (tertiary/aromatic N) is 2. The lowest BCUT2D eigenvalue weighted by Crippen LogP contribution is -2.09. The van der Waals surface area contributed by atoms with Crippen LogP contribution in [0.4, 0.5) is 11.6 Å². The number of hydrogen-bond donors (Lipinski definition) is 3. The number of hydrogen-bond acceptors (Lipinski definition) is 6. The van der Waals surface area contributed by atoms with E-state index in [2.05, 4.69) is 20.3 Å². The van der Waals surface area contributed by atoms with Crippen LogP contribution in [0.1, 0.15) is 5.56 Å². The molecule has 2 heterocycles. The maximum atomic E-state index is 11.2. The van der Waals surface area contributed by atoms with Crippen LogP contribution in [0.2, 0.25) is 0 Å². The number of thioether (sulfide) groups is 1. The number of aromatic amines is 1.